The first kappa shape index (κ1) is 19.3. The van der Waals surface area contributed by atoms with Gasteiger partial charge in [-0.3, -0.25) is 0 Å². The van der Waals surface area contributed by atoms with Gasteiger partial charge in [-0.2, -0.15) is 0 Å². The summed E-state index contributed by atoms with van der Waals surface area (Å²) in [4.78, 5) is 3.82. The quantitative estimate of drug-likeness (QED) is 0.782. The predicted octanol–water partition coefficient (Wildman–Crippen LogP) is 3.83. The smallest absolute Gasteiger partial charge is 0.233 e. The van der Waals surface area contributed by atoms with Crippen molar-refractivity contribution < 1.29 is 8.42 Å². The van der Waals surface area contributed by atoms with E-state index in [-0.39, 0.29) is 0 Å². The fourth-order valence-electron chi connectivity index (χ4n) is 3.20. The van der Waals surface area contributed by atoms with Crippen molar-refractivity contribution in [1.29, 1.82) is 0 Å². The van der Waals surface area contributed by atoms with E-state index in [4.69, 9.17) is 0 Å². The molecule has 0 bridgehead atoms. The van der Waals surface area contributed by atoms with Gasteiger partial charge in [0, 0.05) is 23.4 Å². The van der Waals surface area contributed by atoms with Gasteiger partial charge in [0.05, 0.1) is 0 Å². The molecule has 140 valence electrons. The summed E-state index contributed by atoms with van der Waals surface area (Å²) in [6.07, 6.45) is 3.94. The summed E-state index contributed by atoms with van der Waals surface area (Å²) >= 11 is 1.84. The third-order valence-corrected chi connectivity index (χ3v) is 6.92. The van der Waals surface area contributed by atoms with Gasteiger partial charge < -0.3 is 4.90 Å². The van der Waals surface area contributed by atoms with Gasteiger partial charge in [0.25, 0.3) is 0 Å². The Hall–Kier alpha value is -1.47. The topological polar surface area (TPSA) is 49.4 Å². The van der Waals surface area contributed by atoms with E-state index in [9.17, 15) is 8.42 Å². The van der Waals surface area contributed by atoms with Crippen LogP contribution in [0.1, 0.15) is 34.8 Å². The highest BCUT2D eigenvalue weighted by atomic mass is 32.2. The Balaban J connectivity index is 1.40. The summed E-state index contributed by atoms with van der Waals surface area (Å²) in [7, 11) is -3.39. The largest absolute Gasteiger partial charge is 0.302 e. The Morgan fingerprint density at radius 1 is 1.19 bits per heavy atom. The van der Waals surface area contributed by atoms with Gasteiger partial charge in [0.1, 0.15) is 0 Å². The first-order valence-corrected chi connectivity index (χ1v) is 11.4. The monoisotopic (exact) mass is 390 g/mol. The average molecular weight is 391 g/mol. The SMILES string of the molecule is Cc1ccc(/C=C/S(=O)(=O)NCCN2CCC(c3cccs3)CC2)cc1. The summed E-state index contributed by atoms with van der Waals surface area (Å²) in [5.74, 6) is 0.667. The molecular weight excluding hydrogens is 364 g/mol. The van der Waals surface area contributed by atoms with Crippen molar-refractivity contribution in [1.82, 2.24) is 9.62 Å². The highest BCUT2D eigenvalue weighted by Crippen LogP contribution is 2.30. The van der Waals surface area contributed by atoms with E-state index in [1.807, 2.05) is 42.5 Å². The molecule has 1 aliphatic heterocycles. The number of hydrogen-bond acceptors (Lipinski definition) is 4. The second-order valence-electron chi connectivity index (χ2n) is 6.78. The molecule has 26 heavy (non-hydrogen) atoms. The van der Waals surface area contributed by atoms with E-state index in [0.29, 0.717) is 12.5 Å². The maximum absolute atomic E-state index is 12.1. The summed E-state index contributed by atoms with van der Waals surface area (Å²) in [5, 5.41) is 3.39. The summed E-state index contributed by atoms with van der Waals surface area (Å²) < 4.78 is 26.9. The van der Waals surface area contributed by atoms with Crippen LogP contribution >= 0.6 is 11.3 Å². The number of thiophene rings is 1. The summed E-state index contributed by atoms with van der Waals surface area (Å²) in [5.41, 5.74) is 2.04. The number of sulfonamides is 1. The van der Waals surface area contributed by atoms with E-state index in [2.05, 4.69) is 27.1 Å². The lowest BCUT2D eigenvalue weighted by molar-refractivity contribution is 0.217. The van der Waals surface area contributed by atoms with Crippen molar-refractivity contribution >= 4 is 27.4 Å². The third-order valence-electron chi connectivity index (χ3n) is 4.78. The molecule has 1 N–H and O–H groups in total. The Bertz CT molecular complexity index is 804. The molecule has 1 aliphatic rings. The van der Waals surface area contributed by atoms with E-state index in [1.165, 1.54) is 10.3 Å². The van der Waals surface area contributed by atoms with E-state index < -0.39 is 10.0 Å². The highest BCUT2D eigenvalue weighted by molar-refractivity contribution is 7.92. The number of piperidine rings is 1. The minimum Gasteiger partial charge on any atom is -0.302 e. The van der Waals surface area contributed by atoms with Gasteiger partial charge in [0.2, 0.25) is 10.0 Å². The van der Waals surface area contributed by atoms with Crippen LogP contribution < -0.4 is 4.72 Å². The molecule has 1 aromatic carbocycles. The van der Waals surface area contributed by atoms with Crippen molar-refractivity contribution in [2.24, 2.45) is 0 Å². The molecule has 3 rings (SSSR count). The van der Waals surface area contributed by atoms with Gasteiger partial charge in [-0.05, 0) is 61.9 Å². The molecule has 0 unspecified atom stereocenters. The Morgan fingerprint density at radius 2 is 1.92 bits per heavy atom. The van der Waals surface area contributed by atoms with Gasteiger partial charge in [0.15, 0.2) is 0 Å². The van der Waals surface area contributed by atoms with Crippen LogP contribution in [0, 0.1) is 6.92 Å². The molecule has 0 aliphatic carbocycles. The molecule has 2 heterocycles. The predicted molar refractivity (Wildman–Crippen MR) is 110 cm³/mol. The van der Waals surface area contributed by atoms with Crippen LogP contribution in [0.15, 0.2) is 47.2 Å². The molecule has 1 saturated heterocycles. The van der Waals surface area contributed by atoms with Crippen LogP contribution in [-0.2, 0) is 10.0 Å². The molecule has 1 fully saturated rings. The van der Waals surface area contributed by atoms with Gasteiger partial charge in [-0.1, -0.05) is 35.9 Å². The van der Waals surface area contributed by atoms with Crippen LogP contribution in [0.25, 0.3) is 6.08 Å². The number of aryl methyl sites for hydroxylation is 1. The lowest BCUT2D eigenvalue weighted by Gasteiger charge is -2.31. The van der Waals surface area contributed by atoms with Crippen molar-refractivity contribution in [2.45, 2.75) is 25.7 Å². The second-order valence-corrected chi connectivity index (χ2v) is 9.41. The normalized spacial score (nSPS) is 17.1. The maximum atomic E-state index is 12.1. The fraction of sp³-hybridized carbons (Fsp3) is 0.400. The molecule has 2 aromatic rings. The lowest BCUT2D eigenvalue weighted by Crippen LogP contribution is -2.38. The van der Waals surface area contributed by atoms with Crippen molar-refractivity contribution in [3.63, 3.8) is 0 Å². The van der Waals surface area contributed by atoms with Gasteiger partial charge in [-0.15, -0.1) is 11.3 Å². The van der Waals surface area contributed by atoms with Gasteiger partial charge >= 0.3 is 0 Å². The first-order chi connectivity index (χ1) is 12.5. The molecule has 0 amide bonds. The average Bonchev–Trinajstić information content (AvgIpc) is 3.16. The second kappa shape index (κ2) is 8.95. The van der Waals surface area contributed by atoms with E-state index in [0.717, 1.165) is 43.6 Å². The third kappa shape index (κ3) is 5.77. The zero-order chi connectivity index (χ0) is 18.4. The number of rotatable bonds is 7. The van der Waals surface area contributed by atoms with Crippen LogP contribution in [0.5, 0.6) is 0 Å². The Kier molecular flexibility index (Phi) is 6.64. The molecule has 0 spiro atoms. The van der Waals surface area contributed by atoms with Crippen molar-refractivity contribution in [3.05, 3.63) is 63.2 Å². The minimum atomic E-state index is -3.39. The number of nitrogens with zero attached hydrogens (tertiary/aromatic N) is 1. The zero-order valence-corrected chi connectivity index (χ0v) is 16.7. The highest BCUT2D eigenvalue weighted by Gasteiger charge is 2.21. The fourth-order valence-corrected chi connectivity index (χ4v) is 4.91. The number of nitrogens with one attached hydrogen (secondary N) is 1. The molecular formula is C20H26N2O2S2. The van der Waals surface area contributed by atoms with E-state index in [1.54, 1.807) is 6.08 Å². The molecule has 0 saturated carbocycles. The Morgan fingerprint density at radius 3 is 2.58 bits per heavy atom. The lowest BCUT2D eigenvalue weighted by atomic mass is 9.95. The molecule has 1 aromatic heterocycles. The number of hydrogen-bond donors (Lipinski definition) is 1. The minimum absolute atomic E-state index is 0.449. The van der Waals surface area contributed by atoms with Crippen LogP contribution in [0.4, 0.5) is 0 Å². The summed E-state index contributed by atoms with van der Waals surface area (Å²) in [6.45, 7) is 5.28. The molecule has 4 nitrogen and oxygen atoms in total. The van der Waals surface area contributed by atoms with Crippen LogP contribution in [0.2, 0.25) is 0 Å². The van der Waals surface area contributed by atoms with Crippen molar-refractivity contribution in [2.75, 3.05) is 26.2 Å². The summed E-state index contributed by atoms with van der Waals surface area (Å²) in [6, 6.07) is 12.1. The molecule has 0 atom stereocenters. The number of benzene rings is 1. The van der Waals surface area contributed by atoms with Crippen LogP contribution in [0.3, 0.4) is 0 Å². The standard InChI is InChI=1S/C20H26N2O2S2/c1-17-4-6-18(7-5-17)10-16-26(23,24)21-11-14-22-12-8-19(9-13-22)20-3-2-15-25-20/h2-7,10,15-16,19,21H,8-9,11-14H2,1H3/b16-10+. The van der Waals surface area contributed by atoms with Crippen LogP contribution in [-0.4, -0.2) is 39.5 Å². The number of likely N-dealkylation sites (tertiary alicyclic amines) is 1. The Labute approximate surface area is 160 Å². The van der Waals surface area contributed by atoms with Crippen molar-refractivity contribution in [3.8, 4) is 0 Å². The van der Waals surface area contributed by atoms with Gasteiger partial charge in [-0.25, -0.2) is 13.1 Å². The zero-order valence-electron chi connectivity index (χ0n) is 15.1. The maximum Gasteiger partial charge on any atom is 0.233 e. The molecule has 6 heteroatoms. The van der Waals surface area contributed by atoms with E-state index >= 15 is 0 Å². The first-order valence-electron chi connectivity index (χ1n) is 9.02. The molecule has 0 radical (unpaired) electrons.